The Balaban J connectivity index is 0.000000156. The molecular weight excluding hydrogens is 1320 g/mol. The maximum Gasteiger partial charge on any atom is -1.00 e. The minimum Gasteiger partial charge on any atom is -1.00 e. The molecule has 4 heteroatoms. The quantitative estimate of drug-likeness (QED) is 0.0727. The van der Waals surface area contributed by atoms with Gasteiger partial charge in [0.15, 0.2) is 0 Å². The summed E-state index contributed by atoms with van der Waals surface area (Å²) in [4.78, 5) is 0. The van der Waals surface area contributed by atoms with Crippen LogP contribution in [-0.2, 0) is 36.2 Å². The molecule has 0 aliphatic heterocycles. The molecule has 0 saturated heterocycles. The van der Waals surface area contributed by atoms with Crippen LogP contribution in [0.2, 0.25) is 13.1 Å². The molecule has 0 spiro atoms. The van der Waals surface area contributed by atoms with Crippen molar-refractivity contribution in [2.75, 3.05) is 0 Å². The van der Waals surface area contributed by atoms with Gasteiger partial charge in [0.25, 0.3) is 0 Å². The smallest absolute Gasteiger partial charge is 1.00 e. The maximum absolute atomic E-state index is 2.48. The standard InChI is InChI=1S/2C46H33.C2H6Si.2ClH.Zr/c2*1-30(32-13-3-2-4-14-32)25-31-26-43-41(45-37-19-9-5-15-33(37)28-34-16-6-10-20-38(34)45)23-24-42(44(43)27-31)46-39-21-11-7-17-35(39)29-36-18-8-12-22-40(36)46;1-3-2;;;/h2*2-24,26-30H,25H2,1H3;1-2H3;2*1H;/q2*-1;;;;+2/p-2. The normalized spacial score (nSPS) is 12.0. The minimum atomic E-state index is 0. The number of halogens is 2. The van der Waals surface area contributed by atoms with Crippen LogP contribution in [0, 0.1) is 0 Å². The largest absolute Gasteiger partial charge is 1.00 e. The topological polar surface area (TPSA) is 0 Å². The monoisotopic (exact) mass is 1390 g/mol. The first-order valence-electron chi connectivity index (χ1n) is 33.9. The Morgan fingerprint density at radius 2 is 0.469 bits per heavy atom. The molecule has 0 aliphatic rings. The number of fused-ring (bicyclic) bond motifs is 10. The van der Waals surface area contributed by atoms with E-state index in [1.54, 1.807) is 23.3 Å². The van der Waals surface area contributed by atoms with Crippen molar-refractivity contribution >= 4 is 113 Å². The zero-order valence-electron chi connectivity index (χ0n) is 55.5. The third-order valence-corrected chi connectivity index (χ3v) is 19.9. The second-order valence-corrected chi connectivity index (χ2v) is 35.9. The summed E-state index contributed by atoms with van der Waals surface area (Å²) in [5.41, 5.74) is 16.2. The molecule has 0 radical (unpaired) electrons. The molecule has 0 aliphatic carbocycles. The molecule has 0 aromatic heterocycles. The van der Waals surface area contributed by atoms with E-state index < -0.39 is 0 Å². The molecule has 18 rings (SSSR count). The average molecular weight is 1390 g/mol. The van der Waals surface area contributed by atoms with E-state index in [-0.39, 0.29) is 30.2 Å². The fourth-order valence-corrected chi connectivity index (χ4v) is 15.5. The molecule has 0 N–H and O–H groups in total. The van der Waals surface area contributed by atoms with Crippen molar-refractivity contribution in [3.63, 3.8) is 0 Å². The van der Waals surface area contributed by atoms with Crippen molar-refractivity contribution in [1.29, 1.82) is 0 Å². The van der Waals surface area contributed by atoms with E-state index in [2.05, 4.69) is 355 Å². The second-order valence-electron chi connectivity index (χ2n) is 26.5. The Morgan fingerprint density at radius 1 is 0.265 bits per heavy atom. The van der Waals surface area contributed by atoms with Crippen LogP contribution in [0.3, 0.4) is 0 Å². The van der Waals surface area contributed by atoms with Gasteiger partial charge in [0.1, 0.15) is 0 Å². The first-order chi connectivity index (χ1) is 47.2. The van der Waals surface area contributed by atoms with E-state index >= 15 is 0 Å². The van der Waals surface area contributed by atoms with Crippen LogP contribution < -0.4 is 24.8 Å². The molecule has 0 saturated carbocycles. The SMILES string of the molecule is CC(Cc1cc2c(-c3c4ccccc4cc4ccccc34)ccc(-c3c4ccccc4cc4ccccc34)c2[cH-]1)c1ccccc1.CC(Cc1cc2c(-c3c4ccccc4cc4ccccc34)ccc(-c3c4ccccc4cc4ccccc34)c2[cH-]1)c1ccccc1.C[Si](C)=[Zr+2].[Cl-].[Cl-]. The number of hydrogen-bond acceptors (Lipinski definition) is 0. The van der Waals surface area contributed by atoms with Crippen molar-refractivity contribution in [3.05, 3.63) is 350 Å². The Hall–Kier alpha value is -9.50. The summed E-state index contributed by atoms with van der Waals surface area (Å²) in [5.74, 6) is 0.836. The molecule has 18 aromatic carbocycles. The molecule has 0 amide bonds. The summed E-state index contributed by atoms with van der Waals surface area (Å²) in [6.07, 6.45) is 1.98. The van der Waals surface area contributed by atoms with Crippen LogP contribution in [0.25, 0.3) is 152 Å². The van der Waals surface area contributed by atoms with Crippen LogP contribution in [0.5, 0.6) is 0 Å². The third kappa shape index (κ3) is 12.5. The number of hydrogen-bond donors (Lipinski definition) is 0. The molecule has 0 heterocycles. The van der Waals surface area contributed by atoms with E-state index in [9.17, 15) is 0 Å². The predicted octanol–water partition coefficient (Wildman–Crippen LogP) is 20.5. The first kappa shape index (κ1) is 65.8. The molecule has 2 unspecified atom stereocenters. The summed E-state index contributed by atoms with van der Waals surface area (Å²) in [5, 5.41) is 25.9. The molecule has 98 heavy (non-hydrogen) atoms. The van der Waals surface area contributed by atoms with Gasteiger partial charge in [0.05, 0.1) is 0 Å². The maximum atomic E-state index is 2.48. The van der Waals surface area contributed by atoms with E-state index in [1.165, 1.54) is 174 Å². The summed E-state index contributed by atoms with van der Waals surface area (Å²) in [7, 11) is 0. The molecular formula is C94H72Cl2SiZr-2. The molecule has 2 atom stereocenters. The van der Waals surface area contributed by atoms with E-state index in [0.29, 0.717) is 11.8 Å². The minimum absolute atomic E-state index is 0. The predicted molar refractivity (Wildman–Crippen MR) is 415 cm³/mol. The fraction of sp³-hybridized carbons (Fsp3) is 0.0851. The Bertz CT molecular complexity index is 5100. The van der Waals surface area contributed by atoms with Crippen LogP contribution in [0.15, 0.2) is 328 Å². The van der Waals surface area contributed by atoms with Gasteiger partial charge in [0.2, 0.25) is 0 Å². The van der Waals surface area contributed by atoms with Gasteiger partial charge in [-0.25, -0.2) is 0 Å². The number of benzene rings is 16. The third-order valence-electron chi connectivity index (χ3n) is 19.9. The molecule has 18 aromatic rings. The van der Waals surface area contributed by atoms with E-state index in [4.69, 9.17) is 0 Å². The fourth-order valence-electron chi connectivity index (χ4n) is 15.5. The van der Waals surface area contributed by atoms with Gasteiger partial charge in [-0.2, -0.15) is 12.1 Å². The van der Waals surface area contributed by atoms with Gasteiger partial charge in [0, 0.05) is 0 Å². The van der Waals surface area contributed by atoms with E-state index in [0.717, 1.165) is 12.8 Å². The van der Waals surface area contributed by atoms with Gasteiger partial charge in [-0.1, -0.05) is 315 Å². The molecule has 472 valence electrons. The van der Waals surface area contributed by atoms with Crippen LogP contribution in [0.1, 0.15) is 47.9 Å². The van der Waals surface area contributed by atoms with Crippen LogP contribution in [0.4, 0.5) is 0 Å². The van der Waals surface area contributed by atoms with Gasteiger partial charge < -0.3 is 24.8 Å². The van der Waals surface area contributed by atoms with Gasteiger partial charge in [-0.3, -0.25) is 0 Å². The van der Waals surface area contributed by atoms with Gasteiger partial charge in [-0.05, 0) is 169 Å². The van der Waals surface area contributed by atoms with Crippen molar-refractivity contribution in [3.8, 4) is 44.5 Å². The van der Waals surface area contributed by atoms with E-state index in [1.807, 2.05) is 0 Å². The molecule has 0 bridgehead atoms. The van der Waals surface area contributed by atoms with Crippen LogP contribution in [-0.4, -0.2) is 5.43 Å². The summed E-state index contributed by atoms with van der Waals surface area (Å²) in [6.45, 7) is 9.32. The van der Waals surface area contributed by atoms with Crippen molar-refractivity contribution in [2.45, 2.75) is 51.6 Å². The summed E-state index contributed by atoms with van der Waals surface area (Å²) in [6, 6.07) is 122. The molecule has 0 nitrogen and oxygen atoms in total. The van der Waals surface area contributed by atoms with Crippen molar-refractivity contribution < 1.29 is 48.1 Å². The van der Waals surface area contributed by atoms with Crippen molar-refractivity contribution in [2.24, 2.45) is 0 Å². The average Bonchev–Trinajstić information content (AvgIpc) is 1.48. The summed E-state index contributed by atoms with van der Waals surface area (Å²) >= 11 is 1.74. The molecule has 0 fully saturated rings. The van der Waals surface area contributed by atoms with Crippen molar-refractivity contribution in [1.82, 2.24) is 0 Å². The van der Waals surface area contributed by atoms with Gasteiger partial charge >= 0.3 is 41.9 Å². The second kappa shape index (κ2) is 28.5. The summed E-state index contributed by atoms with van der Waals surface area (Å²) < 4.78 is 0. The Labute approximate surface area is 602 Å². The number of rotatable bonds is 10. The zero-order chi connectivity index (χ0) is 64.8. The van der Waals surface area contributed by atoms with Crippen LogP contribution >= 0.6 is 0 Å². The first-order valence-corrected chi connectivity index (χ1v) is 40.1. The zero-order valence-corrected chi connectivity index (χ0v) is 60.5. The Morgan fingerprint density at radius 3 is 0.714 bits per heavy atom. The Kier molecular flexibility index (Phi) is 19.1. The van der Waals surface area contributed by atoms with Gasteiger partial charge in [-0.15, -0.1) is 44.8 Å².